The van der Waals surface area contributed by atoms with Crippen LogP contribution in [0.25, 0.3) is 39.5 Å². The van der Waals surface area contributed by atoms with Crippen LogP contribution in [-0.4, -0.2) is 0 Å². The molecule has 0 saturated carbocycles. The van der Waals surface area contributed by atoms with Crippen LogP contribution in [0.1, 0.15) is 81.3 Å². The van der Waals surface area contributed by atoms with Gasteiger partial charge in [0.25, 0.3) is 0 Å². The minimum atomic E-state index is -0.230. The second kappa shape index (κ2) is 17.4. The molecule has 5 heteroatoms. The SMILES string of the molecule is CC(C)(C)c1cc2c(cc1-c1ccccc1)=[C-]c1c(C3=CC=CC3)c(-c3ccccc3)c(C(C)(C)C)c(=C(c3ccc(Br)cc3)c3ccc(Br)cc3)c1=2.[Cl-].[Cl-].[Zr+3]. The molecule has 0 spiro atoms. The Labute approximate surface area is 380 Å². The molecule has 0 aromatic heterocycles. The molecule has 0 atom stereocenters. The fraction of sp³-hybridized carbons (Fsp3) is 0.176. The molecule has 2 aliphatic carbocycles. The van der Waals surface area contributed by atoms with E-state index in [0.717, 1.165) is 20.6 Å². The molecule has 0 fully saturated rings. The fourth-order valence-electron chi connectivity index (χ4n) is 8.20. The van der Waals surface area contributed by atoms with E-state index in [0.29, 0.717) is 0 Å². The molecule has 0 bridgehead atoms. The predicted molar refractivity (Wildman–Crippen MR) is 232 cm³/mol. The number of halogens is 4. The van der Waals surface area contributed by atoms with E-state index in [9.17, 15) is 0 Å². The number of rotatable bonds is 5. The normalized spacial score (nSPS) is 12.7. The zero-order chi connectivity index (χ0) is 37.1. The molecular weight excluding hydrogens is 934 g/mol. The van der Waals surface area contributed by atoms with Crippen LogP contribution in [0, 0.1) is 10.4 Å². The Morgan fingerprint density at radius 3 is 1.64 bits per heavy atom. The fourth-order valence-corrected chi connectivity index (χ4v) is 8.73. The van der Waals surface area contributed by atoms with Gasteiger partial charge in [-0.25, -0.2) is 0 Å². The van der Waals surface area contributed by atoms with Crippen LogP contribution in [0.2, 0.25) is 0 Å². The predicted octanol–water partition coefficient (Wildman–Crippen LogP) is 7.04. The van der Waals surface area contributed by atoms with Crippen LogP contribution >= 0.6 is 31.9 Å². The third kappa shape index (κ3) is 8.28. The van der Waals surface area contributed by atoms with E-state index in [-0.39, 0.29) is 61.8 Å². The Hall–Kier alpha value is -3.04. The summed E-state index contributed by atoms with van der Waals surface area (Å²) in [6, 6.07) is 44.6. The van der Waals surface area contributed by atoms with Crippen molar-refractivity contribution in [3.63, 3.8) is 0 Å². The van der Waals surface area contributed by atoms with E-state index >= 15 is 0 Å². The average Bonchev–Trinajstić information content (AvgIpc) is 3.81. The topological polar surface area (TPSA) is 0 Å². The average molecular weight is 978 g/mol. The van der Waals surface area contributed by atoms with Gasteiger partial charge in [-0.15, -0.1) is 33.4 Å². The molecule has 6 aromatic rings. The van der Waals surface area contributed by atoms with Gasteiger partial charge in [-0.05, 0) is 96.8 Å². The van der Waals surface area contributed by atoms with Crippen molar-refractivity contribution in [3.05, 3.63) is 203 Å². The number of hydrogen-bond donors (Lipinski definition) is 0. The first kappa shape index (κ1) is 44.1. The van der Waals surface area contributed by atoms with Crippen LogP contribution in [0.3, 0.4) is 0 Å². The first-order valence-electron chi connectivity index (χ1n) is 18.5. The Bertz CT molecular complexity index is 2640. The van der Waals surface area contributed by atoms with Gasteiger partial charge < -0.3 is 24.8 Å². The third-order valence-corrected chi connectivity index (χ3v) is 11.6. The Morgan fingerprint density at radius 1 is 0.625 bits per heavy atom. The summed E-state index contributed by atoms with van der Waals surface area (Å²) in [4.78, 5) is 0. The molecule has 6 aromatic carbocycles. The maximum Gasteiger partial charge on any atom is 3.00 e. The van der Waals surface area contributed by atoms with Crippen molar-refractivity contribution in [2.45, 2.75) is 58.8 Å². The first-order chi connectivity index (χ1) is 25.4. The summed E-state index contributed by atoms with van der Waals surface area (Å²) in [5, 5.41) is 4.96. The Kier molecular flexibility index (Phi) is 13.7. The number of allylic oxidation sites excluding steroid dienone is 4. The van der Waals surface area contributed by atoms with E-state index in [1.54, 1.807) is 0 Å². The molecule has 1 radical (unpaired) electrons. The van der Waals surface area contributed by atoms with Gasteiger partial charge in [0.15, 0.2) is 0 Å². The Balaban J connectivity index is 0.00000200. The van der Waals surface area contributed by atoms with Gasteiger partial charge in [0.2, 0.25) is 0 Å². The van der Waals surface area contributed by atoms with Gasteiger partial charge in [0, 0.05) is 8.95 Å². The molecule has 8 rings (SSSR count). The maximum absolute atomic E-state index is 4.12. The van der Waals surface area contributed by atoms with Crippen molar-refractivity contribution >= 4 is 49.1 Å². The number of hydrogen-bond acceptors (Lipinski definition) is 0. The maximum atomic E-state index is 4.12. The molecule has 0 saturated heterocycles. The van der Waals surface area contributed by atoms with E-state index in [1.807, 2.05) is 0 Å². The molecule has 0 unspecified atom stereocenters. The van der Waals surface area contributed by atoms with Gasteiger partial charge in [0.05, 0.1) is 0 Å². The second-order valence-corrected chi connectivity index (χ2v) is 18.1. The zero-order valence-electron chi connectivity index (χ0n) is 32.5. The molecular formula is C51H43Br2Cl2Zr. The van der Waals surface area contributed by atoms with Crippen LogP contribution in [0.4, 0.5) is 0 Å². The molecule has 56 heavy (non-hydrogen) atoms. The van der Waals surface area contributed by atoms with Crippen LogP contribution < -0.4 is 35.3 Å². The van der Waals surface area contributed by atoms with Crippen LogP contribution in [0.15, 0.2) is 149 Å². The number of benzene rings is 6. The minimum absolute atomic E-state index is 0. The van der Waals surface area contributed by atoms with E-state index in [1.165, 1.54) is 82.4 Å². The summed E-state index contributed by atoms with van der Waals surface area (Å²) < 4.78 is 2.13. The summed E-state index contributed by atoms with van der Waals surface area (Å²) >= 11 is 7.48. The van der Waals surface area contributed by atoms with Crippen LogP contribution in [0.5, 0.6) is 0 Å². The summed E-state index contributed by atoms with van der Waals surface area (Å²) in [5.74, 6) is 0. The molecule has 279 valence electrons. The van der Waals surface area contributed by atoms with Gasteiger partial charge in [0.1, 0.15) is 0 Å². The molecule has 0 amide bonds. The number of fused-ring (bicyclic) bond motifs is 2. The van der Waals surface area contributed by atoms with E-state index in [4.69, 9.17) is 0 Å². The monoisotopic (exact) mass is 973 g/mol. The van der Waals surface area contributed by atoms with Crippen LogP contribution in [-0.2, 0) is 37.0 Å². The largest absolute Gasteiger partial charge is 3.00 e. The third-order valence-electron chi connectivity index (χ3n) is 10.5. The van der Waals surface area contributed by atoms with Crippen molar-refractivity contribution in [2.75, 3.05) is 0 Å². The van der Waals surface area contributed by atoms with Gasteiger partial charge >= 0.3 is 26.2 Å². The second-order valence-electron chi connectivity index (χ2n) is 16.3. The van der Waals surface area contributed by atoms with Crippen molar-refractivity contribution in [1.82, 2.24) is 0 Å². The van der Waals surface area contributed by atoms with Crippen molar-refractivity contribution < 1.29 is 51.0 Å². The zero-order valence-corrected chi connectivity index (χ0v) is 39.6. The smallest absolute Gasteiger partial charge is 1.00 e. The van der Waals surface area contributed by atoms with E-state index in [2.05, 4.69) is 219 Å². The molecule has 0 heterocycles. The summed E-state index contributed by atoms with van der Waals surface area (Å²) in [6.45, 7) is 14.2. The summed E-state index contributed by atoms with van der Waals surface area (Å²) in [5.41, 5.74) is 14.8. The standard InChI is InChI=1S/C51H43Br2.2ClH.Zr/c1-50(2,3)43-31-41-37(29-40(43)32-15-9-7-10-16-32)30-42-45(33-19-13-14-20-33)46(34-17-11-8-12-18-34)49(51(4,5)6)48(47(41)42)44(35-21-25-38(52)26-22-35)36-23-27-39(53)28-24-36;;;/h7-19,21-29,31H,20H2,1-6H3;2*1H;/q-1;;;+3/p-2. The first-order valence-corrected chi connectivity index (χ1v) is 20.0. The molecule has 0 N–H and O–H groups in total. The molecule has 0 nitrogen and oxygen atoms in total. The van der Waals surface area contributed by atoms with Crippen molar-refractivity contribution in [2.24, 2.45) is 0 Å². The Morgan fingerprint density at radius 2 is 1.16 bits per heavy atom. The minimum Gasteiger partial charge on any atom is -1.00 e. The van der Waals surface area contributed by atoms with Gasteiger partial charge in [-0.2, -0.15) is 0 Å². The quantitative estimate of drug-likeness (QED) is 0.163. The van der Waals surface area contributed by atoms with Gasteiger partial charge in [-0.1, -0.05) is 194 Å². The van der Waals surface area contributed by atoms with E-state index < -0.39 is 0 Å². The molecule has 0 aliphatic heterocycles. The van der Waals surface area contributed by atoms with Crippen molar-refractivity contribution in [1.29, 1.82) is 0 Å². The molecule has 2 aliphatic rings. The summed E-state index contributed by atoms with van der Waals surface area (Å²) in [7, 11) is 0. The van der Waals surface area contributed by atoms with Gasteiger partial charge in [-0.3, -0.25) is 0 Å². The van der Waals surface area contributed by atoms with Crippen molar-refractivity contribution in [3.8, 4) is 22.3 Å². The summed E-state index contributed by atoms with van der Waals surface area (Å²) in [6.07, 6.45) is 11.8.